The fourth-order valence-electron chi connectivity index (χ4n) is 1.86. The minimum absolute atomic E-state index is 0.0245. The smallest absolute Gasteiger partial charge is 0.188 e. The topological polar surface area (TPSA) is 84.0 Å². The molecule has 1 saturated carbocycles. The molecule has 0 unspecified atom stereocenters. The number of oxime groups is 1. The maximum absolute atomic E-state index is 8.58. The number of ether oxygens (including phenoxy) is 1. The van der Waals surface area contributed by atoms with Crippen molar-refractivity contribution in [2.24, 2.45) is 10.9 Å². The Morgan fingerprint density at radius 3 is 2.89 bits per heavy atom. The molecule has 0 amide bonds. The Labute approximate surface area is 106 Å². The molecule has 1 aromatic heterocycles. The van der Waals surface area contributed by atoms with E-state index in [9.17, 15) is 0 Å². The number of methoxy groups -OCH3 is 1. The van der Waals surface area contributed by atoms with Crippen molar-refractivity contribution in [1.29, 1.82) is 0 Å². The average molecular weight is 250 g/mol. The summed E-state index contributed by atoms with van der Waals surface area (Å²) in [6.45, 7) is 1.55. The SMILES string of the molecule is COCCN(c1ccc(/C(N)=N/O)nc1)C1CC1. The predicted molar refractivity (Wildman–Crippen MR) is 69.0 cm³/mol. The van der Waals surface area contributed by atoms with Crippen LogP contribution in [0, 0.1) is 0 Å². The van der Waals surface area contributed by atoms with Gasteiger partial charge in [0.25, 0.3) is 0 Å². The van der Waals surface area contributed by atoms with Gasteiger partial charge in [-0.05, 0) is 25.0 Å². The summed E-state index contributed by atoms with van der Waals surface area (Å²) in [5, 5.41) is 11.5. The average Bonchev–Trinajstić information content (AvgIpc) is 3.24. The number of nitrogens with two attached hydrogens (primary N) is 1. The molecule has 0 saturated heterocycles. The standard InChI is InChI=1S/C12H18N4O2/c1-18-7-6-16(9-2-3-9)10-4-5-11(14-8-10)12(13)15-17/h4-5,8-9,17H,2-3,6-7H2,1H3,(H2,13,15). The summed E-state index contributed by atoms with van der Waals surface area (Å²) in [5.41, 5.74) is 7.00. The molecule has 1 aliphatic carbocycles. The normalized spacial score (nSPS) is 15.7. The number of anilines is 1. The van der Waals surface area contributed by atoms with Gasteiger partial charge in [0.05, 0.1) is 18.5 Å². The monoisotopic (exact) mass is 250 g/mol. The van der Waals surface area contributed by atoms with E-state index in [1.807, 2.05) is 6.07 Å². The number of hydrogen-bond donors (Lipinski definition) is 2. The summed E-state index contributed by atoms with van der Waals surface area (Å²) in [7, 11) is 1.70. The summed E-state index contributed by atoms with van der Waals surface area (Å²) in [5.74, 6) is 0.0245. The largest absolute Gasteiger partial charge is 0.409 e. The van der Waals surface area contributed by atoms with Crippen LogP contribution in [-0.2, 0) is 4.74 Å². The first-order chi connectivity index (χ1) is 8.76. The summed E-state index contributed by atoms with van der Waals surface area (Å²) in [6, 6.07) is 4.29. The van der Waals surface area contributed by atoms with E-state index in [0.29, 0.717) is 18.3 Å². The zero-order chi connectivity index (χ0) is 13.0. The zero-order valence-corrected chi connectivity index (χ0v) is 10.4. The molecule has 0 atom stereocenters. The molecule has 3 N–H and O–H groups in total. The van der Waals surface area contributed by atoms with Gasteiger partial charge in [-0.2, -0.15) is 0 Å². The maximum atomic E-state index is 8.58. The van der Waals surface area contributed by atoms with Gasteiger partial charge in [-0.15, -0.1) is 0 Å². The van der Waals surface area contributed by atoms with Crippen molar-refractivity contribution in [2.45, 2.75) is 18.9 Å². The Morgan fingerprint density at radius 1 is 1.61 bits per heavy atom. The molecule has 98 valence electrons. The second-order valence-electron chi connectivity index (χ2n) is 4.30. The molecular weight excluding hydrogens is 232 g/mol. The van der Waals surface area contributed by atoms with E-state index in [4.69, 9.17) is 15.7 Å². The summed E-state index contributed by atoms with van der Waals surface area (Å²) < 4.78 is 5.12. The number of rotatable bonds is 6. The van der Waals surface area contributed by atoms with Crippen LogP contribution in [0.25, 0.3) is 0 Å². The molecule has 0 aromatic carbocycles. The van der Waals surface area contributed by atoms with Crippen LogP contribution in [0.1, 0.15) is 18.5 Å². The van der Waals surface area contributed by atoms with Gasteiger partial charge in [0.1, 0.15) is 5.69 Å². The van der Waals surface area contributed by atoms with Gasteiger partial charge in [-0.3, -0.25) is 4.98 Å². The van der Waals surface area contributed by atoms with Gasteiger partial charge < -0.3 is 20.6 Å². The lowest BCUT2D eigenvalue weighted by Crippen LogP contribution is -2.29. The number of hydrogen-bond acceptors (Lipinski definition) is 5. The number of aromatic nitrogens is 1. The Hall–Kier alpha value is -1.82. The van der Waals surface area contributed by atoms with Crippen molar-refractivity contribution in [2.75, 3.05) is 25.2 Å². The van der Waals surface area contributed by atoms with Crippen LogP contribution in [0.4, 0.5) is 5.69 Å². The van der Waals surface area contributed by atoms with Gasteiger partial charge in [0.15, 0.2) is 5.84 Å². The lowest BCUT2D eigenvalue weighted by molar-refractivity contribution is 0.205. The first kappa shape index (κ1) is 12.6. The summed E-state index contributed by atoms with van der Waals surface area (Å²) in [6.07, 6.45) is 4.18. The molecule has 1 heterocycles. The Kier molecular flexibility index (Phi) is 3.99. The van der Waals surface area contributed by atoms with E-state index in [1.165, 1.54) is 12.8 Å². The van der Waals surface area contributed by atoms with Crippen LogP contribution in [0.2, 0.25) is 0 Å². The van der Waals surface area contributed by atoms with E-state index in [1.54, 1.807) is 19.4 Å². The third-order valence-electron chi connectivity index (χ3n) is 2.97. The third-order valence-corrected chi connectivity index (χ3v) is 2.97. The highest BCUT2D eigenvalue weighted by atomic mass is 16.5. The van der Waals surface area contributed by atoms with Crippen LogP contribution in [-0.4, -0.2) is 42.3 Å². The van der Waals surface area contributed by atoms with Gasteiger partial charge >= 0.3 is 0 Å². The summed E-state index contributed by atoms with van der Waals surface area (Å²) >= 11 is 0. The van der Waals surface area contributed by atoms with E-state index >= 15 is 0 Å². The molecule has 0 radical (unpaired) electrons. The van der Waals surface area contributed by atoms with Crippen LogP contribution in [0.15, 0.2) is 23.5 Å². The number of pyridine rings is 1. The molecule has 0 bridgehead atoms. The highest BCUT2D eigenvalue weighted by Gasteiger charge is 2.29. The van der Waals surface area contributed by atoms with Crippen molar-refractivity contribution >= 4 is 11.5 Å². The van der Waals surface area contributed by atoms with Crippen molar-refractivity contribution < 1.29 is 9.94 Å². The van der Waals surface area contributed by atoms with Crippen molar-refractivity contribution in [3.8, 4) is 0 Å². The highest BCUT2D eigenvalue weighted by molar-refractivity contribution is 5.95. The quantitative estimate of drug-likeness (QED) is 0.337. The van der Waals surface area contributed by atoms with E-state index < -0.39 is 0 Å². The molecule has 1 fully saturated rings. The van der Waals surface area contributed by atoms with Crippen molar-refractivity contribution in [1.82, 2.24) is 4.98 Å². The lowest BCUT2D eigenvalue weighted by atomic mass is 10.3. The van der Waals surface area contributed by atoms with Crippen LogP contribution in [0.5, 0.6) is 0 Å². The second-order valence-corrected chi connectivity index (χ2v) is 4.30. The van der Waals surface area contributed by atoms with E-state index in [-0.39, 0.29) is 5.84 Å². The predicted octanol–water partition coefficient (Wildman–Crippen LogP) is 0.791. The second kappa shape index (κ2) is 5.68. The number of amidine groups is 1. The van der Waals surface area contributed by atoms with Crippen LogP contribution >= 0.6 is 0 Å². The Bertz CT molecular complexity index is 415. The number of nitrogens with zero attached hydrogens (tertiary/aromatic N) is 3. The minimum atomic E-state index is 0.0245. The molecule has 1 aromatic rings. The van der Waals surface area contributed by atoms with Gasteiger partial charge in [0, 0.05) is 19.7 Å². The van der Waals surface area contributed by atoms with Gasteiger partial charge in [0.2, 0.25) is 0 Å². The van der Waals surface area contributed by atoms with E-state index in [0.717, 1.165) is 12.2 Å². The molecule has 6 nitrogen and oxygen atoms in total. The fraction of sp³-hybridized carbons (Fsp3) is 0.500. The highest BCUT2D eigenvalue weighted by Crippen LogP contribution is 2.30. The molecule has 2 rings (SSSR count). The maximum Gasteiger partial charge on any atom is 0.188 e. The van der Waals surface area contributed by atoms with E-state index in [2.05, 4.69) is 15.0 Å². The lowest BCUT2D eigenvalue weighted by Gasteiger charge is -2.24. The third kappa shape index (κ3) is 2.89. The molecule has 6 heteroatoms. The van der Waals surface area contributed by atoms with Gasteiger partial charge in [-0.1, -0.05) is 5.16 Å². The summed E-state index contributed by atoms with van der Waals surface area (Å²) in [4.78, 5) is 6.47. The molecular formula is C12H18N4O2. The Morgan fingerprint density at radius 2 is 2.39 bits per heavy atom. The van der Waals surface area contributed by atoms with Crippen molar-refractivity contribution in [3.05, 3.63) is 24.0 Å². The molecule has 1 aliphatic rings. The fourth-order valence-corrected chi connectivity index (χ4v) is 1.86. The zero-order valence-electron chi connectivity index (χ0n) is 10.4. The first-order valence-corrected chi connectivity index (χ1v) is 5.95. The van der Waals surface area contributed by atoms with Crippen LogP contribution in [0.3, 0.4) is 0 Å². The minimum Gasteiger partial charge on any atom is -0.409 e. The first-order valence-electron chi connectivity index (χ1n) is 5.95. The Balaban J connectivity index is 2.10. The van der Waals surface area contributed by atoms with Gasteiger partial charge in [-0.25, -0.2) is 0 Å². The van der Waals surface area contributed by atoms with Crippen LogP contribution < -0.4 is 10.6 Å². The molecule has 18 heavy (non-hydrogen) atoms. The molecule has 0 spiro atoms. The molecule has 0 aliphatic heterocycles. The van der Waals surface area contributed by atoms with Crippen molar-refractivity contribution in [3.63, 3.8) is 0 Å².